The van der Waals surface area contributed by atoms with Crippen LogP contribution in [0.3, 0.4) is 0 Å². The Kier molecular flexibility index (Phi) is 10.2. The summed E-state index contributed by atoms with van der Waals surface area (Å²) >= 11 is 0. The maximum absolute atomic E-state index is 12.8. The second-order valence-electron chi connectivity index (χ2n) is 5.73. The van der Waals surface area contributed by atoms with Crippen LogP contribution in [0.5, 0.6) is 0 Å². The van der Waals surface area contributed by atoms with Crippen molar-refractivity contribution >= 4 is 29.9 Å². The van der Waals surface area contributed by atoms with Gasteiger partial charge in [0.05, 0.1) is 0 Å². The summed E-state index contributed by atoms with van der Waals surface area (Å²) in [7, 11) is 1.77. The van der Waals surface area contributed by atoms with Gasteiger partial charge in [0.15, 0.2) is 5.96 Å². The van der Waals surface area contributed by atoms with E-state index in [2.05, 4.69) is 20.5 Å². The van der Waals surface area contributed by atoms with E-state index < -0.39 is 0 Å². The molecule has 0 saturated carbocycles. The number of halogens is 2. The standard InChI is InChI=1S/C17H27FN4.HI/c1-19-17(21-14-15-6-8-16(18)9-7-15)20-10-2-3-11-22-12-4-5-13-22;/h6-9H,2-5,10-14H2,1H3,(H2,19,20,21);1H. The van der Waals surface area contributed by atoms with Gasteiger partial charge in [-0.05, 0) is 63.0 Å². The zero-order valence-electron chi connectivity index (χ0n) is 13.9. The van der Waals surface area contributed by atoms with Crippen molar-refractivity contribution in [1.82, 2.24) is 15.5 Å². The van der Waals surface area contributed by atoms with Crippen molar-refractivity contribution in [3.05, 3.63) is 35.6 Å². The number of benzene rings is 1. The van der Waals surface area contributed by atoms with Gasteiger partial charge in [-0.1, -0.05) is 12.1 Å². The molecule has 0 bridgehead atoms. The second kappa shape index (κ2) is 11.6. The first-order valence-electron chi connectivity index (χ1n) is 8.19. The van der Waals surface area contributed by atoms with E-state index >= 15 is 0 Å². The molecule has 0 amide bonds. The van der Waals surface area contributed by atoms with Gasteiger partial charge < -0.3 is 15.5 Å². The van der Waals surface area contributed by atoms with Crippen LogP contribution in [-0.4, -0.2) is 44.1 Å². The first-order chi connectivity index (χ1) is 10.8. The van der Waals surface area contributed by atoms with Crippen molar-refractivity contribution in [2.75, 3.05) is 33.2 Å². The summed E-state index contributed by atoms with van der Waals surface area (Å²) in [6, 6.07) is 6.52. The highest BCUT2D eigenvalue weighted by Gasteiger charge is 2.09. The average molecular weight is 434 g/mol. The van der Waals surface area contributed by atoms with Crippen LogP contribution in [0.15, 0.2) is 29.3 Å². The Bertz CT molecular complexity index is 458. The van der Waals surface area contributed by atoms with E-state index in [1.807, 2.05) is 0 Å². The summed E-state index contributed by atoms with van der Waals surface area (Å²) in [4.78, 5) is 6.75. The highest BCUT2D eigenvalue weighted by molar-refractivity contribution is 14.0. The first kappa shape index (κ1) is 20.2. The van der Waals surface area contributed by atoms with Crippen LogP contribution >= 0.6 is 24.0 Å². The van der Waals surface area contributed by atoms with Crippen LogP contribution in [0, 0.1) is 5.82 Å². The molecule has 1 aliphatic heterocycles. The van der Waals surface area contributed by atoms with E-state index in [0.717, 1.165) is 24.5 Å². The van der Waals surface area contributed by atoms with Gasteiger partial charge in [0, 0.05) is 20.1 Å². The molecular weight excluding hydrogens is 406 g/mol. The lowest BCUT2D eigenvalue weighted by Crippen LogP contribution is -2.37. The molecule has 0 unspecified atom stereocenters. The molecule has 1 saturated heterocycles. The Morgan fingerprint density at radius 1 is 1.13 bits per heavy atom. The fraction of sp³-hybridized carbons (Fsp3) is 0.588. The maximum atomic E-state index is 12.8. The smallest absolute Gasteiger partial charge is 0.191 e. The molecule has 0 spiro atoms. The number of guanidine groups is 1. The summed E-state index contributed by atoms with van der Waals surface area (Å²) < 4.78 is 12.8. The van der Waals surface area contributed by atoms with E-state index in [9.17, 15) is 4.39 Å². The lowest BCUT2D eigenvalue weighted by atomic mass is 10.2. The molecule has 1 aliphatic rings. The number of likely N-dealkylation sites (tertiary alicyclic amines) is 1. The normalized spacial score (nSPS) is 15.3. The number of rotatable bonds is 7. The predicted molar refractivity (Wildman–Crippen MR) is 105 cm³/mol. The Balaban J connectivity index is 0.00000264. The van der Waals surface area contributed by atoms with Crippen molar-refractivity contribution in [2.24, 2.45) is 4.99 Å². The molecule has 0 aliphatic carbocycles. The predicted octanol–water partition coefficient (Wildman–Crippen LogP) is 2.98. The first-order valence-corrected chi connectivity index (χ1v) is 8.19. The van der Waals surface area contributed by atoms with Crippen LogP contribution < -0.4 is 10.6 Å². The van der Waals surface area contributed by atoms with Crippen molar-refractivity contribution in [3.8, 4) is 0 Å². The number of aliphatic imine (C=N–C) groups is 1. The molecule has 6 heteroatoms. The van der Waals surface area contributed by atoms with Crippen LogP contribution in [0.2, 0.25) is 0 Å². The third-order valence-electron chi connectivity index (χ3n) is 3.99. The topological polar surface area (TPSA) is 39.7 Å². The van der Waals surface area contributed by atoms with Gasteiger partial charge in [-0.3, -0.25) is 4.99 Å². The van der Waals surface area contributed by atoms with Crippen LogP contribution in [0.25, 0.3) is 0 Å². The minimum Gasteiger partial charge on any atom is -0.356 e. The highest BCUT2D eigenvalue weighted by atomic mass is 127. The van der Waals surface area contributed by atoms with Gasteiger partial charge in [0.25, 0.3) is 0 Å². The van der Waals surface area contributed by atoms with Crippen molar-refractivity contribution in [1.29, 1.82) is 0 Å². The van der Waals surface area contributed by atoms with E-state index in [1.165, 1.54) is 51.0 Å². The maximum Gasteiger partial charge on any atom is 0.191 e. The number of nitrogens with one attached hydrogen (secondary N) is 2. The molecule has 1 fully saturated rings. The van der Waals surface area contributed by atoms with Gasteiger partial charge in [-0.25, -0.2) is 4.39 Å². The zero-order chi connectivity index (χ0) is 15.6. The summed E-state index contributed by atoms with van der Waals surface area (Å²) in [5.41, 5.74) is 1.04. The van der Waals surface area contributed by atoms with E-state index in [-0.39, 0.29) is 29.8 Å². The average Bonchev–Trinajstić information content (AvgIpc) is 3.05. The molecule has 0 aromatic heterocycles. The fourth-order valence-corrected chi connectivity index (χ4v) is 2.68. The molecule has 1 heterocycles. The quantitative estimate of drug-likeness (QED) is 0.300. The van der Waals surface area contributed by atoms with Gasteiger partial charge >= 0.3 is 0 Å². The Labute approximate surface area is 156 Å². The zero-order valence-corrected chi connectivity index (χ0v) is 16.2. The number of hydrogen-bond acceptors (Lipinski definition) is 2. The second-order valence-corrected chi connectivity index (χ2v) is 5.73. The van der Waals surface area contributed by atoms with Gasteiger partial charge in [0.2, 0.25) is 0 Å². The number of unbranched alkanes of at least 4 members (excludes halogenated alkanes) is 1. The molecule has 2 N–H and O–H groups in total. The molecule has 2 rings (SSSR count). The Hall–Kier alpha value is -0.890. The summed E-state index contributed by atoms with van der Waals surface area (Å²) in [6.07, 6.45) is 5.09. The lowest BCUT2D eigenvalue weighted by molar-refractivity contribution is 0.330. The molecule has 0 radical (unpaired) electrons. The minimum absolute atomic E-state index is 0. The molecule has 130 valence electrons. The third kappa shape index (κ3) is 7.97. The van der Waals surface area contributed by atoms with Crippen LogP contribution in [-0.2, 0) is 6.54 Å². The molecule has 0 atom stereocenters. The molecular formula is C17H28FIN4. The minimum atomic E-state index is -0.204. The van der Waals surface area contributed by atoms with E-state index in [4.69, 9.17) is 0 Å². The number of nitrogens with zero attached hydrogens (tertiary/aromatic N) is 2. The van der Waals surface area contributed by atoms with Gasteiger partial charge in [-0.2, -0.15) is 0 Å². The highest BCUT2D eigenvalue weighted by Crippen LogP contribution is 2.07. The molecule has 1 aromatic rings. The van der Waals surface area contributed by atoms with Crippen LogP contribution in [0.1, 0.15) is 31.2 Å². The number of hydrogen-bond donors (Lipinski definition) is 2. The summed E-state index contributed by atoms with van der Waals surface area (Å²) in [6.45, 7) is 5.33. The molecule has 1 aromatic carbocycles. The summed E-state index contributed by atoms with van der Waals surface area (Å²) in [5.74, 6) is 0.592. The van der Waals surface area contributed by atoms with Gasteiger partial charge in [-0.15, -0.1) is 24.0 Å². The van der Waals surface area contributed by atoms with E-state index in [1.54, 1.807) is 19.2 Å². The fourth-order valence-electron chi connectivity index (χ4n) is 2.68. The summed E-state index contributed by atoms with van der Waals surface area (Å²) in [5, 5.41) is 6.57. The largest absolute Gasteiger partial charge is 0.356 e. The van der Waals surface area contributed by atoms with Crippen molar-refractivity contribution in [3.63, 3.8) is 0 Å². The monoisotopic (exact) mass is 434 g/mol. The third-order valence-corrected chi connectivity index (χ3v) is 3.99. The van der Waals surface area contributed by atoms with Gasteiger partial charge in [0.1, 0.15) is 5.82 Å². The van der Waals surface area contributed by atoms with Crippen molar-refractivity contribution in [2.45, 2.75) is 32.2 Å². The Morgan fingerprint density at radius 3 is 2.48 bits per heavy atom. The molecule has 23 heavy (non-hydrogen) atoms. The lowest BCUT2D eigenvalue weighted by Gasteiger charge is -2.15. The SMILES string of the molecule is CN=C(NCCCCN1CCCC1)NCc1ccc(F)cc1.I. The molecule has 4 nitrogen and oxygen atoms in total. The van der Waals surface area contributed by atoms with Crippen molar-refractivity contribution < 1.29 is 4.39 Å². The van der Waals surface area contributed by atoms with Crippen LogP contribution in [0.4, 0.5) is 4.39 Å². The Morgan fingerprint density at radius 2 is 1.83 bits per heavy atom. The van der Waals surface area contributed by atoms with E-state index in [0.29, 0.717) is 6.54 Å².